The molecule has 1 fully saturated rings. The number of nitrogens with zero attached hydrogens (tertiary/aromatic N) is 5. The Balaban J connectivity index is 1.08. The summed E-state index contributed by atoms with van der Waals surface area (Å²) in [4.78, 5) is 22.5. The predicted octanol–water partition coefficient (Wildman–Crippen LogP) is 6.76. The number of ether oxygens (including phenoxy) is 1. The molecule has 0 saturated carbocycles. The van der Waals surface area contributed by atoms with Crippen molar-refractivity contribution in [2.24, 2.45) is 12.0 Å². The summed E-state index contributed by atoms with van der Waals surface area (Å²) in [6.07, 6.45) is 18.3. The van der Waals surface area contributed by atoms with Crippen LogP contribution in [0.5, 0.6) is 5.75 Å². The SMILES string of the molecule is COc1cc(C(=O)NC2CCN(C)CC2)ccc1NC1=C/C=C/C2=C(/C=N\1)CCc1nn(C)c(Cc3cccc(C4=CN(C)CCC(C)=C4)c3)c12. The van der Waals surface area contributed by atoms with Crippen molar-refractivity contribution >= 4 is 29.0 Å². The van der Waals surface area contributed by atoms with Gasteiger partial charge in [-0.2, -0.15) is 5.10 Å². The first-order valence-electron chi connectivity index (χ1n) is 18.1. The molecule has 2 aromatic carbocycles. The van der Waals surface area contributed by atoms with Crippen molar-refractivity contribution in [2.45, 2.75) is 51.5 Å². The summed E-state index contributed by atoms with van der Waals surface area (Å²) in [5.74, 6) is 1.21. The van der Waals surface area contributed by atoms with E-state index in [1.54, 1.807) is 13.2 Å². The maximum Gasteiger partial charge on any atom is 0.251 e. The summed E-state index contributed by atoms with van der Waals surface area (Å²) in [6.45, 7) is 5.24. The lowest BCUT2D eigenvalue weighted by molar-refractivity contribution is 0.0916. The third kappa shape index (κ3) is 7.78. The molecular formula is C42H49N7O2. The molecule has 51 heavy (non-hydrogen) atoms. The fraction of sp³-hybridized carbons (Fsp3) is 0.357. The topological polar surface area (TPSA) is 87.0 Å². The quantitative estimate of drug-likeness (QED) is 0.273. The summed E-state index contributed by atoms with van der Waals surface area (Å²) in [5.41, 5.74) is 12.4. The Morgan fingerprint density at radius 1 is 1.02 bits per heavy atom. The van der Waals surface area contributed by atoms with Crippen molar-refractivity contribution in [3.63, 3.8) is 0 Å². The van der Waals surface area contributed by atoms with Crippen LogP contribution in [0.15, 0.2) is 94.9 Å². The normalized spacial score (nSPS) is 20.4. The van der Waals surface area contributed by atoms with Gasteiger partial charge >= 0.3 is 0 Å². The molecule has 3 aliphatic heterocycles. The number of aryl methyl sites for hydroxylation is 2. The average molecular weight is 684 g/mol. The number of piperidine rings is 1. The molecule has 1 aliphatic carbocycles. The summed E-state index contributed by atoms with van der Waals surface area (Å²) >= 11 is 0. The highest BCUT2D eigenvalue weighted by molar-refractivity contribution is 5.98. The molecular weight excluding hydrogens is 635 g/mol. The van der Waals surface area contributed by atoms with Gasteiger partial charge in [0.1, 0.15) is 11.6 Å². The minimum absolute atomic E-state index is 0.0729. The minimum atomic E-state index is -0.0729. The van der Waals surface area contributed by atoms with E-state index in [0.717, 1.165) is 69.5 Å². The van der Waals surface area contributed by atoms with Crippen LogP contribution in [0.25, 0.3) is 11.1 Å². The highest BCUT2D eigenvalue weighted by Gasteiger charge is 2.26. The smallest absolute Gasteiger partial charge is 0.251 e. The monoisotopic (exact) mass is 683 g/mol. The first-order valence-corrected chi connectivity index (χ1v) is 18.1. The van der Waals surface area contributed by atoms with E-state index in [1.807, 2.05) is 24.4 Å². The third-order valence-electron chi connectivity index (χ3n) is 10.4. The van der Waals surface area contributed by atoms with Crippen LogP contribution in [-0.2, 0) is 19.9 Å². The molecule has 264 valence electrons. The van der Waals surface area contributed by atoms with Gasteiger partial charge in [-0.25, -0.2) is 4.99 Å². The van der Waals surface area contributed by atoms with Crippen LogP contribution in [0.3, 0.4) is 0 Å². The number of hydrogen-bond donors (Lipinski definition) is 2. The lowest BCUT2D eigenvalue weighted by Crippen LogP contribution is -2.43. The Labute approximate surface area is 301 Å². The van der Waals surface area contributed by atoms with E-state index in [1.165, 1.54) is 44.7 Å². The maximum absolute atomic E-state index is 13.0. The zero-order chi connectivity index (χ0) is 35.5. The highest BCUT2D eigenvalue weighted by Crippen LogP contribution is 2.36. The van der Waals surface area contributed by atoms with Crippen LogP contribution in [-0.4, -0.2) is 78.6 Å². The van der Waals surface area contributed by atoms with Crippen molar-refractivity contribution < 1.29 is 9.53 Å². The molecule has 0 spiro atoms. The number of carbonyl (C=O) groups excluding carboxylic acids is 1. The molecule has 4 aliphatic rings. The zero-order valence-electron chi connectivity index (χ0n) is 30.5. The van der Waals surface area contributed by atoms with E-state index in [9.17, 15) is 4.79 Å². The molecule has 0 bridgehead atoms. The van der Waals surface area contributed by atoms with E-state index >= 15 is 0 Å². The van der Waals surface area contributed by atoms with Gasteiger partial charge in [-0.05, 0) is 111 Å². The molecule has 1 aromatic heterocycles. The van der Waals surface area contributed by atoms with E-state index < -0.39 is 0 Å². The average Bonchev–Trinajstić information content (AvgIpc) is 3.32. The minimum Gasteiger partial charge on any atom is -0.495 e. The molecule has 1 saturated heterocycles. The van der Waals surface area contributed by atoms with Crippen LogP contribution in [0.2, 0.25) is 0 Å². The van der Waals surface area contributed by atoms with Crippen molar-refractivity contribution in [1.29, 1.82) is 0 Å². The molecule has 9 heteroatoms. The van der Waals surface area contributed by atoms with Crippen molar-refractivity contribution in [1.82, 2.24) is 24.9 Å². The summed E-state index contributed by atoms with van der Waals surface area (Å²) < 4.78 is 7.77. The van der Waals surface area contributed by atoms with E-state index in [2.05, 4.69) is 102 Å². The second-order valence-electron chi connectivity index (χ2n) is 14.3. The maximum atomic E-state index is 13.0. The number of nitrogens with one attached hydrogen (secondary N) is 2. The Morgan fingerprint density at radius 3 is 2.69 bits per heavy atom. The van der Waals surface area contributed by atoms with Gasteiger partial charge < -0.3 is 25.2 Å². The number of hydrogen-bond acceptors (Lipinski definition) is 7. The lowest BCUT2D eigenvalue weighted by atomic mass is 9.86. The van der Waals surface area contributed by atoms with E-state index in [0.29, 0.717) is 17.1 Å². The number of anilines is 1. The zero-order valence-corrected chi connectivity index (χ0v) is 30.5. The largest absolute Gasteiger partial charge is 0.495 e. The van der Waals surface area contributed by atoms with Gasteiger partial charge in [0.2, 0.25) is 0 Å². The molecule has 4 heterocycles. The number of methoxy groups -OCH3 is 1. The van der Waals surface area contributed by atoms with Gasteiger partial charge in [-0.3, -0.25) is 9.48 Å². The summed E-state index contributed by atoms with van der Waals surface area (Å²) in [7, 11) is 7.95. The number of carbonyl (C=O) groups is 1. The van der Waals surface area contributed by atoms with Crippen LogP contribution >= 0.6 is 0 Å². The number of aromatic nitrogens is 2. The van der Waals surface area contributed by atoms with Crippen LogP contribution in [0.1, 0.15) is 71.0 Å². The van der Waals surface area contributed by atoms with E-state index in [-0.39, 0.29) is 11.9 Å². The van der Waals surface area contributed by atoms with Crippen LogP contribution in [0, 0.1) is 0 Å². The number of rotatable bonds is 8. The van der Waals surface area contributed by atoms with Gasteiger partial charge in [-0.1, -0.05) is 48.1 Å². The summed E-state index contributed by atoms with van der Waals surface area (Å²) in [5, 5.41) is 11.6. The number of allylic oxidation sites excluding steroid dienone is 7. The first-order chi connectivity index (χ1) is 24.7. The number of fused-ring (bicyclic) bond motifs is 2. The standard InChI is InChI=1S/C42H49N7O2/c1-28-16-19-48(3)27-33(22-28)30-9-6-8-29(23-30)24-38-41-35-10-7-11-40(43-26-32(35)13-15-37(41)46-49(38)4)45-36-14-12-31(25-39(36)51-5)42(50)44-34-17-20-47(2)21-18-34/h6-12,14,22-23,25-27,34H,13,15-21,24H2,1-5H3,(H,43,45)(H,44,50). The van der Waals surface area contributed by atoms with Crippen molar-refractivity contribution in [3.8, 4) is 5.75 Å². The molecule has 2 N–H and O–H groups in total. The highest BCUT2D eigenvalue weighted by atomic mass is 16.5. The Morgan fingerprint density at radius 2 is 1.86 bits per heavy atom. The van der Waals surface area contributed by atoms with Gasteiger partial charge in [0.05, 0.1) is 24.2 Å². The van der Waals surface area contributed by atoms with Crippen molar-refractivity contribution in [2.75, 3.05) is 46.2 Å². The predicted molar refractivity (Wildman–Crippen MR) is 207 cm³/mol. The number of aliphatic imine (C=N–C) groups is 1. The van der Waals surface area contributed by atoms with Gasteiger partial charge in [0.15, 0.2) is 0 Å². The van der Waals surface area contributed by atoms with E-state index in [4.69, 9.17) is 14.8 Å². The first kappa shape index (κ1) is 34.3. The molecule has 9 nitrogen and oxygen atoms in total. The molecule has 3 aromatic rings. The fourth-order valence-corrected chi connectivity index (χ4v) is 7.42. The molecule has 0 unspecified atom stereocenters. The summed E-state index contributed by atoms with van der Waals surface area (Å²) in [6, 6.07) is 14.6. The van der Waals surface area contributed by atoms with Gasteiger partial charge in [0, 0.05) is 56.6 Å². The molecule has 7 rings (SSSR count). The number of likely N-dealkylation sites (tertiary alicyclic amines) is 1. The Hall–Kier alpha value is -5.15. The molecule has 0 radical (unpaired) electrons. The molecule has 1 amide bonds. The Bertz CT molecular complexity index is 2000. The number of benzene rings is 2. The second kappa shape index (κ2) is 15.0. The third-order valence-corrected chi connectivity index (χ3v) is 10.4. The lowest BCUT2D eigenvalue weighted by Gasteiger charge is -2.29. The van der Waals surface area contributed by atoms with Crippen LogP contribution < -0.4 is 15.4 Å². The van der Waals surface area contributed by atoms with Crippen LogP contribution in [0.4, 0.5) is 5.69 Å². The van der Waals surface area contributed by atoms with Gasteiger partial charge in [0.25, 0.3) is 5.91 Å². The second-order valence-corrected chi connectivity index (χ2v) is 14.3. The molecule has 0 atom stereocenters. The fourth-order valence-electron chi connectivity index (χ4n) is 7.42. The van der Waals surface area contributed by atoms with Gasteiger partial charge in [-0.15, -0.1) is 0 Å². The number of amides is 1. The van der Waals surface area contributed by atoms with Crippen molar-refractivity contribution in [3.05, 3.63) is 124 Å². The Kier molecular flexibility index (Phi) is 10.1.